The highest BCUT2D eigenvalue weighted by Crippen LogP contribution is 2.41. The van der Waals surface area contributed by atoms with Crippen LogP contribution >= 0.6 is 11.3 Å². The fourth-order valence-electron chi connectivity index (χ4n) is 3.26. The summed E-state index contributed by atoms with van der Waals surface area (Å²) in [7, 11) is 0. The summed E-state index contributed by atoms with van der Waals surface area (Å²) in [5.41, 5.74) is 4.72. The van der Waals surface area contributed by atoms with Crippen LogP contribution in [-0.4, -0.2) is 39.8 Å². The lowest BCUT2D eigenvalue weighted by atomic mass is 10.0. The Labute approximate surface area is 134 Å². The molecule has 0 aromatic carbocycles. The van der Waals surface area contributed by atoms with E-state index in [9.17, 15) is 0 Å². The molecule has 2 aliphatic rings. The first-order valence-electron chi connectivity index (χ1n) is 8.00. The van der Waals surface area contributed by atoms with Crippen molar-refractivity contribution in [2.45, 2.75) is 45.2 Å². The zero-order chi connectivity index (χ0) is 15.1. The van der Waals surface area contributed by atoms with Gasteiger partial charge in [0.2, 0.25) is 0 Å². The van der Waals surface area contributed by atoms with Gasteiger partial charge in [0.15, 0.2) is 0 Å². The molecule has 1 aliphatic carbocycles. The Morgan fingerprint density at radius 3 is 3.00 bits per heavy atom. The molecule has 4 rings (SSSR count). The van der Waals surface area contributed by atoms with E-state index in [1.165, 1.54) is 29.1 Å². The second-order valence-corrected chi connectivity index (χ2v) is 7.25. The van der Waals surface area contributed by atoms with Crippen molar-refractivity contribution in [1.29, 1.82) is 0 Å². The lowest BCUT2D eigenvalue weighted by Crippen LogP contribution is -2.39. The standard InChI is InChI=1S/C16H22N4OS/c1-10-15(11(2)19-18-10)14-8-21-6-5-20(14)7-13-9-22-16(17-13)12-3-4-12/h9,12,14H,3-8H2,1-2H3,(H,18,19)/t14-/m0/s1. The molecule has 0 unspecified atom stereocenters. The molecular weight excluding hydrogens is 296 g/mol. The molecule has 5 nitrogen and oxygen atoms in total. The van der Waals surface area contributed by atoms with Gasteiger partial charge in [-0.3, -0.25) is 10.00 Å². The average Bonchev–Trinajstić information content (AvgIpc) is 3.18. The minimum atomic E-state index is 0.276. The maximum Gasteiger partial charge on any atom is 0.0959 e. The van der Waals surface area contributed by atoms with Gasteiger partial charge in [0, 0.05) is 35.6 Å². The summed E-state index contributed by atoms with van der Waals surface area (Å²) in [5.74, 6) is 0.748. The summed E-state index contributed by atoms with van der Waals surface area (Å²) >= 11 is 1.83. The lowest BCUT2D eigenvalue weighted by molar-refractivity contribution is -0.0136. The van der Waals surface area contributed by atoms with Gasteiger partial charge in [-0.15, -0.1) is 11.3 Å². The van der Waals surface area contributed by atoms with Gasteiger partial charge < -0.3 is 4.74 Å². The van der Waals surface area contributed by atoms with Crippen LogP contribution in [0.1, 0.15) is 52.5 Å². The molecule has 1 saturated heterocycles. The highest BCUT2D eigenvalue weighted by molar-refractivity contribution is 7.09. The Balaban J connectivity index is 1.55. The van der Waals surface area contributed by atoms with Crippen molar-refractivity contribution in [3.8, 4) is 0 Å². The molecule has 0 radical (unpaired) electrons. The van der Waals surface area contributed by atoms with Crippen LogP contribution in [0.2, 0.25) is 0 Å². The molecule has 1 N–H and O–H groups in total. The number of hydrogen-bond donors (Lipinski definition) is 1. The molecule has 1 aliphatic heterocycles. The van der Waals surface area contributed by atoms with Gasteiger partial charge in [-0.25, -0.2) is 4.98 Å². The number of morpholine rings is 1. The minimum Gasteiger partial charge on any atom is -0.378 e. The van der Waals surface area contributed by atoms with Crippen LogP contribution in [0, 0.1) is 13.8 Å². The Hall–Kier alpha value is -1.24. The molecule has 1 atom stereocenters. The summed E-state index contributed by atoms with van der Waals surface area (Å²) in [4.78, 5) is 7.33. The smallest absolute Gasteiger partial charge is 0.0959 e. The Kier molecular flexibility index (Phi) is 3.76. The molecule has 0 amide bonds. The molecule has 118 valence electrons. The maximum absolute atomic E-state index is 5.74. The van der Waals surface area contributed by atoms with Gasteiger partial charge in [-0.2, -0.15) is 5.10 Å². The molecule has 2 fully saturated rings. The van der Waals surface area contributed by atoms with Crippen LogP contribution in [0.3, 0.4) is 0 Å². The number of aryl methyl sites for hydroxylation is 2. The number of ether oxygens (including phenoxy) is 1. The van der Waals surface area contributed by atoms with Crippen molar-refractivity contribution < 1.29 is 4.74 Å². The van der Waals surface area contributed by atoms with E-state index in [2.05, 4.69) is 34.3 Å². The number of rotatable bonds is 4. The number of hydrogen-bond acceptors (Lipinski definition) is 5. The van der Waals surface area contributed by atoms with Crippen molar-refractivity contribution in [1.82, 2.24) is 20.1 Å². The first-order valence-corrected chi connectivity index (χ1v) is 8.88. The van der Waals surface area contributed by atoms with Gasteiger partial charge >= 0.3 is 0 Å². The summed E-state index contributed by atoms with van der Waals surface area (Å²) in [6, 6.07) is 0.276. The molecule has 0 spiro atoms. The Morgan fingerprint density at radius 1 is 1.41 bits per heavy atom. The summed E-state index contributed by atoms with van der Waals surface area (Å²) in [6.45, 7) is 7.55. The van der Waals surface area contributed by atoms with Crippen molar-refractivity contribution in [3.05, 3.63) is 33.0 Å². The largest absolute Gasteiger partial charge is 0.378 e. The molecular formula is C16H22N4OS. The molecule has 6 heteroatoms. The average molecular weight is 318 g/mol. The molecule has 22 heavy (non-hydrogen) atoms. The second-order valence-electron chi connectivity index (χ2n) is 6.36. The van der Waals surface area contributed by atoms with Gasteiger partial charge in [0.1, 0.15) is 0 Å². The van der Waals surface area contributed by atoms with Crippen molar-refractivity contribution >= 4 is 11.3 Å². The van der Waals surface area contributed by atoms with Crippen LogP contribution in [0.4, 0.5) is 0 Å². The normalized spacial score (nSPS) is 23.1. The second kappa shape index (κ2) is 5.76. The van der Waals surface area contributed by atoms with Gasteiger partial charge in [0.05, 0.1) is 35.7 Å². The number of thiazole rings is 1. The summed E-state index contributed by atoms with van der Waals surface area (Å²) in [5, 5.41) is 11.0. The number of nitrogens with zero attached hydrogens (tertiary/aromatic N) is 3. The first kappa shape index (κ1) is 14.4. The van der Waals surface area contributed by atoms with E-state index in [0.29, 0.717) is 0 Å². The van der Waals surface area contributed by atoms with Crippen LogP contribution in [0.15, 0.2) is 5.38 Å². The fourth-order valence-corrected chi connectivity index (χ4v) is 4.25. The van der Waals surface area contributed by atoms with Crippen LogP contribution in [0.5, 0.6) is 0 Å². The predicted molar refractivity (Wildman–Crippen MR) is 86.1 cm³/mol. The number of nitrogens with one attached hydrogen (secondary N) is 1. The fraction of sp³-hybridized carbons (Fsp3) is 0.625. The predicted octanol–water partition coefficient (Wildman–Crippen LogP) is 2.93. The highest BCUT2D eigenvalue weighted by Gasteiger charge is 2.30. The Bertz CT molecular complexity index is 641. The first-order chi connectivity index (χ1) is 10.7. The highest BCUT2D eigenvalue weighted by atomic mass is 32.1. The topological polar surface area (TPSA) is 54.0 Å². The van der Waals surface area contributed by atoms with Crippen molar-refractivity contribution in [2.24, 2.45) is 0 Å². The van der Waals surface area contributed by atoms with E-state index >= 15 is 0 Å². The van der Waals surface area contributed by atoms with E-state index in [-0.39, 0.29) is 6.04 Å². The Morgan fingerprint density at radius 2 is 2.27 bits per heavy atom. The van der Waals surface area contributed by atoms with Gasteiger partial charge in [-0.05, 0) is 26.7 Å². The van der Waals surface area contributed by atoms with E-state index in [0.717, 1.165) is 43.6 Å². The lowest BCUT2D eigenvalue weighted by Gasteiger charge is -2.35. The molecule has 2 aromatic heterocycles. The van der Waals surface area contributed by atoms with Crippen LogP contribution < -0.4 is 0 Å². The number of aromatic amines is 1. The number of aromatic nitrogens is 3. The molecule has 2 aromatic rings. The third-order valence-corrected chi connectivity index (χ3v) is 5.67. The van der Waals surface area contributed by atoms with Gasteiger partial charge in [-0.1, -0.05) is 0 Å². The van der Waals surface area contributed by atoms with E-state index < -0.39 is 0 Å². The third-order valence-electron chi connectivity index (χ3n) is 4.62. The molecule has 3 heterocycles. The SMILES string of the molecule is Cc1n[nH]c(C)c1[C@@H]1COCCN1Cc1csc(C2CC2)n1. The minimum absolute atomic E-state index is 0.276. The van der Waals surface area contributed by atoms with Gasteiger partial charge in [0.25, 0.3) is 0 Å². The monoisotopic (exact) mass is 318 g/mol. The maximum atomic E-state index is 5.74. The van der Waals surface area contributed by atoms with Crippen LogP contribution in [-0.2, 0) is 11.3 Å². The molecule has 0 bridgehead atoms. The van der Waals surface area contributed by atoms with Crippen LogP contribution in [0.25, 0.3) is 0 Å². The quantitative estimate of drug-likeness (QED) is 0.942. The van der Waals surface area contributed by atoms with Crippen molar-refractivity contribution in [2.75, 3.05) is 19.8 Å². The summed E-state index contributed by atoms with van der Waals surface area (Å²) < 4.78 is 5.74. The molecule has 1 saturated carbocycles. The third kappa shape index (κ3) is 2.71. The van der Waals surface area contributed by atoms with Crippen molar-refractivity contribution in [3.63, 3.8) is 0 Å². The zero-order valence-electron chi connectivity index (χ0n) is 13.1. The zero-order valence-corrected chi connectivity index (χ0v) is 13.9. The van der Waals surface area contributed by atoms with E-state index in [4.69, 9.17) is 9.72 Å². The van der Waals surface area contributed by atoms with E-state index in [1.54, 1.807) is 0 Å². The summed E-state index contributed by atoms with van der Waals surface area (Å²) in [6.07, 6.45) is 2.64. The van der Waals surface area contributed by atoms with E-state index in [1.807, 2.05) is 11.3 Å². The number of H-pyrrole nitrogens is 1.